The number of esters is 1. The molecule has 4 heteroatoms. The fraction of sp³-hybridized carbons (Fsp3) is 0.462. The highest BCUT2D eigenvalue weighted by Gasteiger charge is 2.21. The van der Waals surface area contributed by atoms with Gasteiger partial charge in [0.1, 0.15) is 11.3 Å². The van der Waals surface area contributed by atoms with Crippen molar-refractivity contribution in [2.24, 2.45) is 0 Å². The topological polar surface area (TPSA) is 35.5 Å². The lowest BCUT2D eigenvalue weighted by Crippen LogP contribution is -2.11. The van der Waals surface area contributed by atoms with Crippen LogP contribution in [0.1, 0.15) is 35.3 Å². The summed E-state index contributed by atoms with van der Waals surface area (Å²) in [5.74, 6) is 0.173. The van der Waals surface area contributed by atoms with E-state index >= 15 is 0 Å². The molecule has 0 aliphatic rings. The van der Waals surface area contributed by atoms with Gasteiger partial charge in [-0.25, -0.2) is 4.79 Å². The number of aryl methyl sites for hydroxylation is 1. The summed E-state index contributed by atoms with van der Waals surface area (Å²) in [6.07, 6.45) is 0. The third-order valence-corrected chi connectivity index (χ3v) is 2.82. The molecule has 0 atom stereocenters. The van der Waals surface area contributed by atoms with Crippen LogP contribution in [0.5, 0.6) is 5.75 Å². The quantitative estimate of drug-likeness (QED) is 0.773. The van der Waals surface area contributed by atoms with E-state index in [9.17, 15) is 4.79 Å². The van der Waals surface area contributed by atoms with Gasteiger partial charge in [-0.15, -0.1) is 0 Å². The summed E-state index contributed by atoms with van der Waals surface area (Å²) in [6, 6.07) is 1.80. The molecule has 0 fully saturated rings. The molecule has 0 amide bonds. The first kappa shape index (κ1) is 13.8. The summed E-state index contributed by atoms with van der Waals surface area (Å²) in [5, 5.41) is 0.550. The Morgan fingerprint density at radius 1 is 1.29 bits per heavy atom. The third-order valence-electron chi connectivity index (χ3n) is 2.43. The van der Waals surface area contributed by atoms with Gasteiger partial charge < -0.3 is 9.47 Å². The van der Waals surface area contributed by atoms with Crippen LogP contribution in [0.15, 0.2) is 6.07 Å². The molecule has 0 spiro atoms. The van der Waals surface area contributed by atoms with Crippen molar-refractivity contribution in [3.8, 4) is 5.75 Å². The summed E-state index contributed by atoms with van der Waals surface area (Å²) in [5.41, 5.74) is 1.96. The lowest BCUT2D eigenvalue weighted by Gasteiger charge is -2.15. The van der Waals surface area contributed by atoms with Crippen molar-refractivity contribution in [3.63, 3.8) is 0 Å². The van der Waals surface area contributed by atoms with Gasteiger partial charge in [-0.05, 0) is 44.9 Å². The zero-order valence-corrected chi connectivity index (χ0v) is 11.4. The number of benzene rings is 1. The number of hydrogen-bond acceptors (Lipinski definition) is 3. The maximum Gasteiger partial charge on any atom is 0.342 e. The van der Waals surface area contributed by atoms with E-state index in [1.165, 1.54) is 0 Å². The average Bonchev–Trinajstić information content (AvgIpc) is 2.26. The van der Waals surface area contributed by atoms with Gasteiger partial charge in [-0.1, -0.05) is 11.6 Å². The second-order valence-corrected chi connectivity index (χ2v) is 4.07. The van der Waals surface area contributed by atoms with Crippen LogP contribution in [-0.4, -0.2) is 19.2 Å². The van der Waals surface area contributed by atoms with Crippen LogP contribution < -0.4 is 4.74 Å². The van der Waals surface area contributed by atoms with Gasteiger partial charge in [-0.3, -0.25) is 0 Å². The van der Waals surface area contributed by atoms with Gasteiger partial charge in [0.05, 0.1) is 13.2 Å². The molecule has 0 unspecified atom stereocenters. The molecule has 3 nitrogen and oxygen atoms in total. The van der Waals surface area contributed by atoms with Crippen LogP contribution >= 0.6 is 11.6 Å². The molecule has 0 aromatic heterocycles. The van der Waals surface area contributed by atoms with Crippen molar-refractivity contribution < 1.29 is 14.3 Å². The van der Waals surface area contributed by atoms with E-state index in [0.717, 1.165) is 5.56 Å². The number of ether oxygens (including phenoxy) is 2. The maximum absolute atomic E-state index is 11.9. The van der Waals surface area contributed by atoms with Crippen LogP contribution in [0.25, 0.3) is 0 Å². The number of rotatable bonds is 4. The van der Waals surface area contributed by atoms with E-state index in [0.29, 0.717) is 35.1 Å². The van der Waals surface area contributed by atoms with Gasteiger partial charge in [0.25, 0.3) is 0 Å². The lowest BCUT2D eigenvalue weighted by atomic mass is 10.0. The summed E-state index contributed by atoms with van der Waals surface area (Å²) in [7, 11) is 0. The second kappa shape index (κ2) is 5.92. The zero-order chi connectivity index (χ0) is 13.0. The van der Waals surface area contributed by atoms with Crippen molar-refractivity contribution in [3.05, 3.63) is 27.8 Å². The molecule has 0 saturated carbocycles. The lowest BCUT2D eigenvalue weighted by molar-refractivity contribution is 0.0521. The average molecular weight is 257 g/mol. The molecule has 0 aliphatic heterocycles. The van der Waals surface area contributed by atoms with Gasteiger partial charge >= 0.3 is 5.97 Å². The predicted molar refractivity (Wildman–Crippen MR) is 68.1 cm³/mol. The Labute approximate surface area is 107 Å². The van der Waals surface area contributed by atoms with Crippen molar-refractivity contribution in [2.75, 3.05) is 13.2 Å². The largest absolute Gasteiger partial charge is 0.493 e. The minimum atomic E-state index is -0.390. The molecule has 0 heterocycles. The molecule has 0 radical (unpaired) electrons. The van der Waals surface area contributed by atoms with Crippen molar-refractivity contribution in [2.45, 2.75) is 27.7 Å². The number of halogens is 1. The summed E-state index contributed by atoms with van der Waals surface area (Å²) in [6.45, 7) is 8.11. The molecule has 94 valence electrons. The van der Waals surface area contributed by atoms with Crippen molar-refractivity contribution in [1.82, 2.24) is 0 Å². The Morgan fingerprint density at radius 2 is 1.94 bits per heavy atom. The summed E-state index contributed by atoms with van der Waals surface area (Å²) in [4.78, 5) is 11.9. The SMILES string of the molecule is CCOC(=O)c1c(C)c(Cl)cc(C)c1OCC. The van der Waals surface area contributed by atoms with Gasteiger partial charge in [0, 0.05) is 5.02 Å². The standard InChI is InChI=1S/C13H17ClO3/c1-5-16-12-8(3)7-10(14)9(4)11(12)13(15)17-6-2/h7H,5-6H2,1-4H3. The molecule has 17 heavy (non-hydrogen) atoms. The highest BCUT2D eigenvalue weighted by atomic mass is 35.5. The van der Waals surface area contributed by atoms with Crippen molar-refractivity contribution >= 4 is 17.6 Å². The van der Waals surface area contributed by atoms with E-state index in [-0.39, 0.29) is 5.97 Å². The second-order valence-electron chi connectivity index (χ2n) is 3.66. The number of hydrogen-bond donors (Lipinski definition) is 0. The Bertz CT molecular complexity index is 427. The van der Waals surface area contributed by atoms with Gasteiger partial charge in [0.2, 0.25) is 0 Å². The van der Waals surface area contributed by atoms with Crippen molar-refractivity contribution in [1.29, 1.82) is 0 Å². The number of carbonyl (C=O) groups excluding carboxylic acids is 1. The first-order valence-electron chi connectivity index (χ1n) is 5.62. The summed E-state index contributed by atoms with van der Waals surface area (Å²) < 4.78 is 10.5. The van der Waals surface area contributed by atoms with E-state index < -0.39 is 0 Å². The molecule has 0 saturated heterocycles. The summed E-state index contributed by atoms with van der Waals surface area (Å²) >= 11 is 6.07. The van der Waals surface area contributed by atoms with Crippen LogP contribution in [-0.2, 0) is 4.74 Å². The number of carbonyl (C=O) groups is 1. The molecule has 0 bridgehead atoms. The minimum absolute atomic E-state index is 0.329. The fourth-order valence-electron chi connectivity index (χ4n) is 1.63. The van der Waals surface area contributed by atoms with Crippen LogP contribution in [0.2, 0.25) is 5.02 Å². The molecule has 1 rings (SSSR count). The zero-order valence-electron chi connectivity index (χ0n) is 10.6. The van der Waals surface area contributed by atoms with E-state index in [1.807, 2.05) is 13.8 Å². The van der Waals surface area contributed by atoms with Crippen LogP contribution in [0, 0.1) is 13.8 Å². The van der Waals surface area contributed by atoms with Gasteiger partial charge in [-0.2, -0.15) is 0 Å². The fourth-order valence-corrected chi connectivity index (χ4v) is 1.89. The highest BCUT2D eigenvalue weighted by Crippen LogP contribution is 2.32. The molecular weight excluding hydrogens is 240 g/mol. The van der Waals surface area contributed by atoms with Crippen LogP contribution in [0.3, 0.4) is 0 Å². The molecule has 0 N–H and O–H groups in total. The minimum Gasteiger partial charge on any atom is -0.493 e. The van der Waals surface area contributed by atoms with E-state index in [2.05, 4.69) is 0 Å². The van der Waals surface area contributed by atoms with E-state index in [4.69, 9.17) is 21.1 Å². The smallest absolute Gasteiger partial charge is 0.342 e. The molecule has 1 aromatic carbocycles. The molecular formula is C13H17ClO3. The van der Waals surface area contributed by atoms with Crippen LogP contribution in [0.4, 0.5) is 0 Å². The molecule has 0 aliphatic carbocycles. The Kier molecular flexibility index (Phi) is 4.82. The highest BCUT2D eigenvalue weighted by molar-refractivity contribution is 6.32. The maximum atomic E-state index is 11.9. The first-order valence-corrected chi connectivity index (χ1v) is 6.00. The first-order chi connectivity index (χ1) is 8.02. The molecule has 1 aromatic rings. The monoisotopic (exact) mass is 256 g/mol. The Morgan fingerprint density at radius 3 is 2.47 bits per heavy atom. The normalized spacial score (nSPS) is 10.2. The third kappa shape index (κ3) is 2.91. The predicted octanol–water partition coefficient (Wildman–Crippen LogP) is 3.53. The Hall–Kier alpha value is -1.22. The van der Waals surface area contributed by atoms with E-state index in [1.54, 1.807) is 19.9 Å². The van der Waals surface area contributed by atoms with Gasteiger partial charge in [0.15, 0.2) is 0 Å². The Balaban J connectivity index is 3.36.